The van der Waals surface area contributed by atoms with E-state index < -0.39 is 0 Å². The average Bonchev–Trinajstić information content (AvgIpc) is 3.16. The number of carbonyl (C=O) groups excluding carboxylic acids is 1. The van der Waals surface area contributed by atoms with Crippen LogP contribution in [-0.2, 0) is 4.79 Å². The van der Waals surface area contributed by atoms with Gasteiger partial charge >= 0.3 is 0 Å². The molecule has 0 atom stereocenters. The molecule has 1 aromatic rings. The van der Waals surface area contributed by atoms with Crippen molar-refractivity contribution in [3.05, 3.63) is 57.5 Å². The fourth-order valence-corrected chi connectivity index (χ4v) is 6.83. The third-order valence-electron chi connectivity index (χ3n) is 5.43. The zero-order chi connectivity index (χ0) is 20.8. The van der Waals surface area contributed by atoms with Crippen LogP contribution in [0.3, 0.4) is 0 Å². The summed E-state index contributed by atoms with van der Waals surface area (Å²) < 4.78 is 0.677. The summed E-state index contributed by atoms with van der Waals surface area (Å²) in [6, 6.07) is 8.57. The van der Waals surface area contributed by atoms with Gasteiger partial charge in [0.1, 0.15) is 4.32 Å². The Bertz CT molecular complexity index is 974. The lowest BCUT2D eigenvalue weighted by atomic mass is 9.75. The highest BCUT2D eigenvalue weighted by molar-refractivity contribution is 8.26. The van der Waals surface area contributed by atoms with E-state index in [1.165, 1.54) is 32.9 Å². The molecule has 0 bridgehead atoms. The lowest BCUT2D eigenvalue weighted by molar-refractivity contribution is -0.122. The molecule has 3 aliphatic rings. The maximum absolute atomic E-state index is 12.9. The van der Waals surface area contributed by atoms with Gasteiger partial charge in [-0.2, -0.15) is 0 Å². The Morgan fingerprint density at radius 1 is 1.10 bits per heavy atom. The molecule has 2 aliphatic heterocycles. The number of likely N-dealkylation sites (N-methyl/N-ethyl adjacent to an activating group) is 1. The summed E-state index contributed by atoms with van der Waals surface area (Å²) in [6.07, 6.45) is 6.45. The number of thioether (sulfide) groups is 2. The number of allylic oxidation sites excluding steroid dienone is 4. The standard InChI is InChI=1S/C23H26N2OS3/c1-5-24-17-9-7-8-10-18(17)28-19(24)12-15-11-16(14-23(3,4)13-15)20-21(26)25(6-2)22(27)29-20/h7-12H,5-6,13-14H2,1-4H3/b19-12-,20-16-. The second-order valence-corrected chi connectivity index (χ2v) is 11.0. The van der Waals surface area contributed by atoms with Gasteiger partial charge in [-0.1, -0.05) is 67.8 Å². The molecule has 1 aromatic carbocycles. The molecule has 1 saturated heterocycles. The first-order valence-corrected chi connectivity index (χ1v) is 12.1. The predicted octanol–water partition coefficient (Wildman–Crippen LogP) is 6.34. The largest absolute Gasteiger partial charge is 0.335 e. The molecule has 0 aromatic heterocycles. The van der Waals surface area contributed by atoms with E-state index >= 15 is 0 Å². The molecule has 4 rings (SSSR count). The Hall–Kier alpha value is -1.50. The van der Waals surface area contributed by atoms with Crippen molar-refractivity contribution in [1.82, 2.24) is 4.90 Å². The number of amides is 1. The molecule has 6 heteroatoms. The van der Waals surface area contributed by atoms with E-state index in [9.17, 15) is 4.79 Å². The van der Waals surface area contributed by atoms with Gasteiger partial charge in [0.2, 0.25) is 0 Å². The highest BCUT2D eigenvalue weighted by Gasteiger charge is 2.36. The fourth-order valence-electron chi connectivity index (χ4n) is 4.21. The van der Waals surface area contributed by atoms with Crippen LogP contribution in [0.25, 0.3) is 0 Å². The molecule has 0 unspecified atom stereocenters. The Kier molecular flexibility index (Phi) is 5.70. The Morgan fingerprint density at radius 3 is 2.52 bits per heavy atom. The number of hydrogen-bond acceptors (Lipinski definition) is 5. The van der Waals surface area contributed by atoms with E-state index in [0.29, 0.717) is 10.9 Å². The first-order chi connectivity index (χ1) is 13.8. The third kappa shape index (κ3) is 3.94. The van der Waals surface area contributed by atoms with Gasteiger partial charge in [-0.05, 0) is 61.5 Å². The maximum Gasteiger partial charge on any atom is 0.266 e. The lowest BCUT2D eigenvalue weighted by Gasteiger charge is -2.31. The van der Waals surface area contributed by atoms with Gasteiger partial charge < -0.3 is 4.90 Å². The Labute approximate surface area is 187 Å². The van der Waals surface area contributed by atoms with Crippen LogP contribution in [0.2, 0.25) is 0 Å². The van der Waals surface area contributed by atoms with Crippen LogP contribution in [-0.4, -0.2) is 28.2 Å². The summed E-state index contributed by atoms with van der Waals surface area (Å²) in [5.74, 6) is 0.0660. The quantitative estimate of drug-likeness (QED) is 0.401. The van der Waals surface area contributed by atoms with Gasteiger partial charge in [0.25, 0.3) is 5.91 Å². The molecule has 1 amide bonds. The topological polar surface area (TPSA) is 23.6 Å². The van der Waals surface area contributed by atoms with Crippen molar-refractivity contribution in [3.8, 4) is 0 Å². The summed E-state index contributed by atoms with van der Waals surface area (Å²) in [5, 5.41) is 1.26. The Balaban J connectivity index is 1.73. The molecule has 2 heterocycles. The minimum atomic E-state index is 0.0660. The number of carbonyl (C=O) groups is 1. The summed E-state index contributed by atoms with van der Waals surface area (Å²) in [4.78, 5) is 19.1. The van der Waals surface area contributed by atoms with Gasteiger partial charge in [-0.25, -0.2) is 0 Å². The van der Waals surface area contributed by atoms with Crippen molar-refractivity contribution >= 4 is 51.7 Å². The number of anilines is 1. The van der Waals surface area contributed by atoms with E-state index in [1.807, 2.05) is 18.7 Å². The van der Waals surface area contributed by atoms with Gasteiger partial charge in [-0.15, -0.1) is 0 Å². The minimum absolute atomic E-state index is 0.0660. The number of benzene rings is 1. The smallest absolute Gasteiger partial charge is 0.266 e. The lowest BCUT2D eigenvalue weighted by Crippen LogP contribution is -2.28. The van der Waals surface area contributed by atoms with Crippen molar-refractivity contribution in [2.45, 2.75) is 45.4 Å². The molecule has 29 heavy (non-hydrogen) atoms. The fraction of sp³-hybridized carbons (Fsp3) is 0.391. The van der Waals surface area contributed by atoms with Crippen LogP contribution >= 0.6 is 35.7 Å². The molecule has 0 radical (unpaired) electrons. The van der Waals surface area contributed by atoms with Crippen molar-refractivity contribution in [2.24, 2.45) is 5.41 Å². The van der Waals surface area contributed by atoms with Crippen molar-refractivity contribution < 1.29 is 4.79 Å². The number of fused-ring (bicyclic) bond motifs is 1. The van der Waals surface area contributed by atoms with Crippen LogP contribution in [0.5, 0.6) is 0 Å². The van der Waals surface area contributed by atoms with E-state index in [0.717, 1.165) is 29.9 Å². The molecule has 1 fully saturated rings. The summed E-state index contributed by atoms with van der Waals surface area (Å²) in [6.45, 7) is 10.3. The molecule has 1 aliphatic carbocycles. The molecule has 3 nitrogen and oxygen atoms in total. The van der Waals surface area contributed by atoms with Crippen LogP contribution in [0, 0.1) is 5.41 Å². The number of rotatable bonds is 3. The number of thiocarbonyl (C=S) groups is 1. The van der Waals surface area contributed by atoms with Gasteiger partial charge in [0.15, 0.2) is 0 Å². The van der Waals surface area contributed by atoms with E-state index in [-0.39, 0.29) is 11.3 Å². The zero-order valence-corrected chi connectivity index (χ0v) is 19.8. The van der Waals surface area contributed by atoms with E-state index in [2.05, 4.69) is 62.1 Å². The third-order valence-corrected chi connectivity index (χ3v) is 8.05. The van der Waals surface area contributed by atoms with Gasteiger partial charge in [-0.3, -0.25) is 9.69 Å². The summed E-state index contributed by atoms with van der Waals surface area (Å²) in [7, 11) is 0. The van der Waals surface area contributed by atoms with Crippen molar-refractivity contribution in [2.75, 3.05) is 18.0 Å². The highest BCUT2D eigenvalue weighted by Crippen LogP contribution is 2.48. The van der Waals surface area contributed by atoms with Crippen molar-refractivity contribution in [1.29, 1.82) is 0 Å². The number of hydrogen-bond donors (Lipinski definition) is 0. The average molecular weight is 443 g/mol. The molecular weight excluding hydrogens is 416 g/mol. The summed E-state index contributed by atoms with van der Waals surface area (Å²) in [5.41, 5.74) is 3.81. The second-order valence-electron chi connectivity index (χ2n) is 8.31. The predicted molar refractivity (Wildman–Crippen MR) is 129 cm³/mol. The van der Waals surface area contributed by atoms with Gasteiger partial charge in [0.05, 0.1) is 15.6 Å². The van der Waals surface area contributed by atoms with Crippen LogP contribution in [0.1, 0.15) is 40.5 Å². The van der Waals surface area contributed by atoms with E-state index in [1.54, 1.807) is 4.90 Å². The maximum atomic E-state index is 12.9. The Morgan fingerprint density at radius 2 is 1.83 bits per heavy atom. The molecule has 152 valence electrons. The van der Waals surface area contributed by atoms with Crippen LogP contribution in [0.4, 0.5) is 5.69 Å². The van der Waals surface area contributed by atoms with Crippen molar-refractivity contribution in [3.63, 3.8) is 0 Å². The molecule has 0 saturated carbocycles. The van der Waals surface area contributed by atoms with Crippen LogP contribution in [0.15, 0.2) is 62.4 Å². The zero-order valence-electron chi connectivity index (χ0n) is 17.3. The van der Waals surface area contributed by atoms with Gasteiger partial charge in [0, 0.05) is 18.0 Å². The number of nitrogens with zero attached hydrogens (tertiary/aromatic N) is 2. The molecular formula is C23H26N2OS3. The monoisotopic (exact) mass is 442 g/mol. The first-order valence-electron chi connectivity index (χ1n) is 10.1. The second kappa shape index (κ2) is 7.97. The highest BCUT2D eigenvalue weighted by atomic mass is 32.2. The molecule has 0 N–H and O–H groups in total. The first kappa shape index (κ1) is 20.8. The SMILES string of the molecule is CCN1C(=O)/C(=C2C=C(/C=C3\Sc4ccccc4N3CC)CC(C)(C)C\2)SC1=S. The number of para-hydroxylation sites is 1. The molecule has 0 spiro atoms. The minimum Gasteiger partial charge on any atom is -0.335 e. The summed E-state index contributed by atoms with van der Waals surface area (Å²) >= 11 is 8.72. The normalized spacial score (nSPS) is 25.1. The van der Waals surface area contributed by atoms with E-state index in [4.69, 9.17) is 12.2 Å². The van der Waals surface area contributed by atoms with Crippen LogP contribution < -0.4 is 4.90 Å².